The molecule has 6 nitrogen and oxygen atoms in total. The van der Waals surface area contributed by atoms with Crippen molar-refractivity contribution in [3.05, 3.63) is 0 Å². The molecule has 80 valence electrons. The van der Waals surface area contributed by atoms with Crippen LogP contribution < -0.4 is 0 Å². The van der Waals surface area contributed by atoms with Crippen molar-refractivity contribution in [2.24, 2.45) is 0 Å². The van der Waals surface area contributed by atoms with Crippen molar-refractivity contribution in [1.29, 1.82) is 0 Å². The average molecular weight is 261 g/mol. The first-order chi connectivity index (χ1) is 5.91. The Balaban J connectivity index is 4.15. The predicted octanol–water partition coefficient (Wildman–Crippen LogP) is -2.86. The maximum absolute atomic E-state index is 9.10. The second-order valence-corrected chi connectivity index (χ2v) is 3.53. The first-order valence-corrected chi connectivity index (χ1v) is 4.48. The zero-order chi connectivity index (χ0) is 10.6. The van der Waals surface area contributed by atoms with Crippen molar-refractivity contribution < 1.29 is 30.6 Å². The van der Waals surface area contributed by atoms with Crippen LogP contribution >= 0.6 is 15.9 Å². The molecule has 0 saturated heterocycles. The molecule has 0 rings (SSSR count). The molecular formula is C6H13BrO6. The summed E-state index contributed by atoms with van der Waals surface area (Å²) >= 11 is 2.57. The van der Waals surface area contributed by atoms with Crippen LogP contribution in [-0.2, 0) is 0 Å². The maximum Gasteiger partial charge on any atom is 0.137 e. The fraction of sp³-hybridized carbons (Fsp3) is 1.00. The van der Waals surface area contributed by atoms with Crippen molar-refractivity contribution in [1.82, 2.24) is 0 Å². The van der Waals surface area contributed by atoms with Crippen molar-refractivity contribution in [2.75, 3.05) is 6.61 Å². The van der Waals surface area contributed by atoms with Crippen LogP contribution in [0.3, 0.4) is 0 Å². The van der Waals surface area contributed by atoms with Gasteiger partial charge in [-0.15, -0.1) is 0 Å². The minimum absolute atomic E-state index is 0.747. The molecule has 0 aliphatic rings. The molecule has 0 aliphatic heterocycles. The van der Waals surface area contributed by atoms with E-state index in [1.807, 2.05) is 0 Å². The van der Waals surface area contributed by atoms with Crippen molar-refractivity contribution >= 4 is 15.9 Å². The summed E-state index contributed by atoms with van der Waals surface area (Å²) in [7, 11) is 0. The Morgan fingerprint density at radius 1 is 0.846 bits per heavy atom. The summed E-state index contributed by atoms with van der Waals surface area (Å²) in [5.74, 6) is 0. The summed E-state index contributed by atoms with van der Waals surface area (Å²) in [6.07, 6.45) is -6.66. The second kappa shape index (κ2) is 5.86. The van der Waals surface area contributed by atoms with Crippen molar-refractivity contribution in [3.8, 4) is 0 Å². The Hall–Kier alpha value is 0.240. The summed E-state index contributed by atoms with van der Waals surface area (Å²) in [6, 6.07) is 0. The molecule has 0 heterocycles. The van der Waals surface area contributed by atoms with E-state index in [2.05, 4.69) is 15.9 Å². The Morgan fingerprint density at radius 3 is 1.62 bits per heavy atom. The van der Waals surface area contributed by atoms with E-state index in [0.29, 0.717) is 0 Å². The Bertz CT molecular complexity index is 143. The van der Waals surface area contributed by atoms with Gasteiger partial charge in [0.25, 0.3) is 0 Å². The molecule has 0 aromatic carbocycles. The van der Waals surface area contributed by atoms with Crippen LogP contribution in [0.25, 0.3) is 0 Å². The zero-order valence-corrected chi connectivity index (χ0v) is 8.24. The fourth-order valence-corrected chi connectivity index (χ4v) is 1.01. The topological polar surface area (TPSA) is 121 Å². The van der Waals surface area contributed by atoms with Crippen LogP contribution in [-0.4, -0.2) is 66.7 Å². The van der Waals surface area contributed by atoms with Crippen LogP contribution in [0.4, 0.5) is 0 Å². The molecule has 0 bridgehead atoms. The SMILES string of the molecule is OC[C@@H](O)[C@@H](O)[C@H](O)[C@@H](O)C(O)Br. The number of aliphatic hydroxyl groups excluding tert-OH is 6. The van der Waals surface area contributed by atoms with Crippen LogP contribution in [0.2, 0.25) is 0 Å². The number of halogens is 1. The second-order valence-electron chi connectivity index (χ2n) is 2.59. The Kier molecular flexibility index (Phi) is 5.97. The summed E-state index contributed by atoms with van der Waals surface area (Å²) in [6.45, 7) is -0.747. The number of hydrogen-bond donors (Lipinski definition) is 6. The van der Waals surface area contributed by atoms with Gasteiger partial charge in [-0.05, 0) is 0 Å². The fourth-order valence-electron chi connectivity index (χ4n) is 0.700. The molecule has 0 aromatic heterocycles. The van der Waals surface area contributed by atoms with Crippen LogP contribution in [0.15, 0.2) is 0 Å². The molecule has 0 saturated carbocycles. The highest BCUT2D eigenvalue weighted by atomic mass is 79.9. The summed E-state index contributed by atoms with van der Waals surface area (Å²) in [5, 5.41) is 51.7. The van der Waals surface area contributed by atoms with Crippen molar-refractivity contribution in [3.63, 3.8) is 0 Å². The Labute approximate surface area is 83.2 Å². The molecule has 0 fully saturated rings. The molecule has 7 heteroatoms. The van der Waals surface area contributed by atoms with E-state index >= 15 is 0 Å². The minimum Gasteiger partial charge on any atom is -0.394 e. The summed E-state index contributed by atoms with van der Waals surface area (Å²) in [5.41, 5.74) is 0. The third kappa shape index (κ3) is 3.86. The van der Waals surface area contributed by atoms with E-state index < -0.39 is 36.0 Å². The van der Waals surface area contributed by atoms with E-state index in [1.54, 1.807) is 0 Å². The molecule has 0 spiro atoms. The van der Waals surface area contributed by atoms with Gasteiger partial charge < -0.3 is 30.6 Å². The third-order valence-corrected chi connectivity index (χ3v) is 2.10. The molecule has 13 heavy (non-hydrogen) atoms. The van der Waals surface area contributed by atoms with Gasteiger partial charge in [0, 0.05) is 0 Å². The van der Waals surface area contributed by atoms with Gasteiger partial charge in [-0.25, -0.2) is 0 Å². The zero-order valence-electron chi connectivity index (χ0n) is 6.66. The highest BCUT2D eigenvalue weighted by molar-refractivity contribution is 9.09. The lowest BCUT2D eigenvalue weighted by molar-refractivity contribution is -0.127. The van der Waals surface area contributed by atoms with E-state index in [4.69, 9.17) is 30.6 Å². The third-order valence-electron chi connectivity index (χ3n) is 1.56. The quantitative estimate of drug-likeness (QED) is 0.296. The van der Waals surface area contributed by atoms with E-state index in [9.17, 15) is 0 Å². The first-order valence-electron chi connectivity index (χ1n) is 3.57. The monoisotopic (exact) mass is 260 g/mol. The van der Waals surface area contributed by atoms with E-state index in [-0.39, 0.29) is 0 Å². The highest BCUT2D eigenvalue weighted by Crippen LogP contribution is 2.11. The van der Waals surface area contributed by atoms with Gasteiger partial charge in [0.15, 0.2) is 0 Å². The standard InChI is InChI=1S/C6H13BrO6/c7-6(13)5(12)4(11)3(10)2(9)1-8/h2-6,8-13H,1H2/t2-,3-,4+,5-,6?/m1/s1. The van der Waals surface area contributed by atoms with Gasteiger partial charge in [-0.2, -0.15) is 0 Å². The minimum atomic E-state index is -1.74. The number of aliphatic hydroxyl groups is 6. The lowest BCUT2D eigenvalue weighted by Crippen LogP contribution is -2.48. The number of rotatable bonds is 5. The predicted molar refractivity (Wildman–Crippen MR) is 46.0 cm³/mol. The summed E-state index contributed by atoms with van der Waals surface area (Å²) in [4.78, 5) is 0. The Morgan fingerprint density at radius 2 is 1.31 bits per heavy atom. The lowest BCUT2D eigenvalue weighted by atomic mass is 10.0. The number of hydrogen-bond acceptors (Lipinski definition) is 6. The van der Waals surface area contributed by atoms with Gasteiger partial charge in [-0.3, -0.25) is 0 Å². The lowest BCUT2D eigenvalue weighted by Gasteiger charge is -2.26. The van der Waals surface area contributed by atoms with Gasteiger partial charge in [-0.1, -0.05) is 15.9 Å². The van der Waals surface area contributed by atoms with E-state index in [1.165, 1.54) is 0 Å². The molecule has 0 amide bonds. The van der Waals surface area contributed by atoms with Gasteiger partial charge in [0.05, 0.1) is 6.61 Å². The molecule has 1 unspecified atom stereocenters. The molecule has 5 atom stereocenters. The van der Waals surface area contributed by atoms with Crippen molar-refractivity contribution in [2.45, 2.75) is 29.4 Å². The summed E-state index contributed by atoms with van der Waals surface area (Å²) < 4.78 is 0. The first kappa shape index (κ1) is 13.2. The highest BCUT2D eigenvalue weighted by Gasteiger charge is 2.32. The van der Waals surface area contributed by atoms with E-state index in [0.717, 1.165) is 0 Å². The van der Waals surface area contributed by atoms with Gasteiger partial charge in [0.2, 0.25) is 0 Å². The van der Waals surface area contributed by atoms with Crippen LogP contribution in [0.1, 0.15) is 0 Å². The van der Waals surface area contributed by atoms with Crippen LogP contribution in [0, 0.1) is 0 Å². The average Bonchev–Trinajstić information content (AvgIpc) is 2.12. The molecule has 0 radical (unpaired) electrons. The number of alkyl halides is 1. The normalized spacial score (nSPS) is 23.3. The largest absolute Gasteiger partial charge is 0.394 e. The molecule has 0 aliphatic carbocycles. The maximum atomic E-state index is 9.10. The molecule has 0 aromatic rings. The van der Waals surface area contributed by atoms with Gasteiger partial charge >= 0.3 is 0 Å². The molecule has 6 N–H and O–H groups in total. The smallest absolute Gasteiger partial charge is 0.137 e. The molecular weight excluding hydrogens is 248 g/mol. The van der Waals surface area contributed by atoms with Gasteiger partial charge in [0.1, 0.15) is 29.4 Å². The van der Waals surface area contributed by atoms with Crippen LogP contribution in [0.5, 0.6) is 0 Å².